The Hall–Kier alpha value is -3.55. The minimum Gasteiger partial charge on any atom is -0.294 e. The fraction of sp³-hybridized carbons (Fsp3) is 0.211. The first-order chi connectivity index (χ1) is 13.0. The van der Waals surface area contributed by atoms with Crippen molar-refractivity contribution in [1.29, 1.82) is 0 Å². The molecule has 0 bridgehead atoms. The van der Waals surface area contributed by atoms with Crippen molar-refractivity contribution < 1.29 is 4.92 Å². The largest absolute Gasteiger partial charge is 0.294 e. The van der Waals surface area contributed by atoms with Gasteiger partial charge in [-0.1, -0.05) is 19.4 Å². The Morgan fingerprint density at radius 1 is 1.26 bits per heavy atom. The number of aromatic amines is 1. The van der Waals surface area contributed by atoms with Crippen molar-refractivity contribution in [3.63, 3.8) is 0 Å². The van der Waals surface area contributed by atoms with Crippen LogP contribution in [0, 0.1) is 10.1 Å². The van der Waals surface area contributed by atoms with Crippen molar-refractivity contribution >= 4 is 17.2 Å². The van der Waals surface area contributed by atoms with E-state index in [0.29, 0.717) is 29.2 Å². The molecule has 1 aromatic carbocycles. The summed E-state index contributed by atoms with van der Waals surface area (Å²) < 4.78 is 1.39. The van der Waals surface area contributed by atoms with E-state index in [0.717, 1.165) is 12.1 Å². The average molecular weight is 365 g/mol. The standard InChI is InChI=1S/C19H19N5O3/c1-3-6-16-18(13(2)21-17-7-4-5-12-20-17)19(25)23(22-16)14-8-10-15(11-9-14)24(26)27/h4-5,7-12,22H,3,6H2,1-2H3. The Balaban J connectivity index is 2.08. The monoisotopic (exact) mass is 365 g/mol. The number of nitrogens with zero attached hydrogens (tertiary/aromatic N) is 4. The van der Waals surface area contributed by atoms with Crippen molar-refractivity contribution in [3.05, 3.63) is 80.4 Å². The van der Waals surface area contributed by atoms with Crippen LogP contribution in [0.4, 0.5) is 11.5 Å². The lowest BCUT2D eigenvalue weighted by atomic mass is 10.1. The van der Waals surface area contributed by atoms with Crippen molar-refractivity contribution in [2.45, 2.75) is 26.7 Å². The van der Waals surface area contributed by atoms with Crippen LogP contribution in [0.25, 0.3) is 5.69 Å². The van der Waals surface area contributed by atoms with E-state index in [9.17, 15) is 14.9 Å². The fourth-order valence-corrected chi connectivity index (χ4v) is 2.84. The Bertz CT molecular complexity index is 1030. The summed E-state index contributed by atoms with van der Waals surface area (Å²) in [5.74, 6) is 0.528. The quantitative estimate of drug-likeness (QED) is 0.409. The van der Waals surface area contributed by atoms with Gasteiger partial charge < -0.3 is 0 Å². The third kappa shape index (κ3) is 3.84. The van der Waals surface area contributed by atoms with Gasteiger partial charge in [0.1, 0.15) is 0 Å². The number of aryl methyl sites for hydroxylation is 1. The van der Waals surface area contributed by atoms with Gasteiger partial charge in [0.05, 0.1) is 21.9 Å². The SMILES string of the molecule is CCCc1[nH]n(-c2ccc([N+](=O)[O-])cc2)c(=O)c1C(C)=Nc1ccccn1. The first-order valence-electron chi connectivity index (χ1n) is 8.56. The van der Waals surface area contributed by atoms with Crippen LogP contribution < -0.4 is 5.56 Å². The zero-order valence-electron chi connectivity index (χ0n) is 15.0. The number of rotatable bonds is 6. The summed E-state index contributed by atoms with van der Waals surface area (Å²) in [5, 5.41) is 13.9. The maximum atomic E-state index is 13.0. The summed E-state index contributed by atoms with van der Waals surface area (Å²) in [6.07, 6.45) is 3.18. The van der Waals surface area contributed by atoms with Crippen molar-refractivity contribution in [2.24, 2.45) is 4.99 Å². The van der Waals surface area contributed by atoms with Crippen LogP contribution in [0.2, 0.25) is 0 Å². The van der Waals surface area contributed by atoms with E-state index in [2.05, 4.69) is 15.1 Å². The Labute approximate surface area is 155 Å². The number of non-ortho nitro benzene ring substituents is 1. The molecule has 138 valence electrons. The zero-order valence-corrected chi connectivity index (χ0v) is 15.0. The van der Waals surface area contributed by atoms with E-state index < -0.39 is 4.92 Å². The normalized spacial score (nSPS) is 11.6. The van der Waals surface area contributed by atoms with Crippen LogP contribution >= 0.6 is 0 Å². The minimum absolute atomic E-state index is 0.0275. The molecule has 27 heavy (non-hydrogen) atoms. The fourth-order valence-electron chi connectivity index (χ4n) is 2.84. The lowest BCUT2D eigenvalue weighted by Crippen LogP contribution is -2.19. The van der Waals surface area contributed by atoms with Crippen LogP contribution in [0.5, 0.6) is 0 Å². The number of hydrogen-bond acceptors (Lipinski definition) is 5. The van der Waals surface area contributed by atoms with Crippen molar-refractivity contribution in [2.75, 3.05) is 0 Å². The minimum atomic E-state index is -0.473. The predicted octanol–water partition coefficient (Wildman–Crippen LogP) is 3.56. The zero-order chi connectivity index (χ0) is 19.4. The molecule has 0 unspecified atom stereocenters. The second-order valence-corrected chi connectivity index (χ2v) is 6.01. The molecule has 0 fully saturated rings. The number of aromatic nitrogens is 3. The van der Waals surface area contributed by atoms with Gasteiger partial charge in [0, 0.05) is 24.0 Å². The topological polar surface area (TPSA) is 106 Å². The van der Waals surface area contributed by atoms with Crippen LogP contribution in [0.3, 0.4) is 0 Å². The summed E-state index contributed by atoms with van der Waals surface area (Å²) >= 11 is 0. The number of nitro benzene ring substituents is 1. The summed E-state index contributed by atoms with van der Waals surface area (Å²) in [6, 6.07) is 11.2. The molecule has 1 N–H and O–H groups in total. The van der Waals surface area contributed by atoms with Gasteiger partial charge in [0.25, 0.3) is 11.2 Å². The Morgan fingerprint density at radius 2 is 2.00 bits per heavy atom. The highest BCUT2D eigenvalue weighted by Crippen LogP contribution is 2.16. The summed E-state index contributed by atoms with van der Waals surface area (Å²) in [4.78, 5) is 32.0. The first-order valence-corrected chi connectivity index (χ1v) is 8.56. The van der Waals surface area contributed by atoms with Gasteiger partial charge in [0.15, 0.2) is 5.82 Å². The molecule has 3 aromatic rings. The molecule has 0 aliphatic carbocycles. The van der Waals surface area contributed by atoms with Gasteiger partial charge in [-0.3, -0.25) is 20.0 Å². The van der Waals surface area contributed by atoms with E-state index >= 15 is 0 Å². The molecule has 0 amide bonds. The molecule has 2 heterocycles. The van der Waals surface area contributed by atoms with Crippen LogP contribution in [0.1, 0.15) is 31.5 Å². The summed E-state index contributed by atoms with van der Waals surface area (Å²) in [7, 11) is 0. The molecule has 0 atom stereocenters. The molecular formula is C19H19N5O3. The van der Waals surface area contributed by atoms with Crippen molar-refractivity contribution in [3.8, 4) is 5.69 Å². The molecular weight excluding hydrogens is 346 g/mol. The van der Waals surface area contributed by atoms with Crippen LogP contribution in [0.15, 0.2) is 58.4 Å². The summed E-state index contributed by atoms with van der Waals surface area (Å²) in [5.41, 5.74) is 2.10. The number of hydrogen-bond donors (Lipinski definition) is 1. The van der Waals surface area contributed by atoms with Crippen LogP contribution in [-0.4, -0.2) is 25.4 Å². The maximum absolute atomic E-state index is 13.0. The molecule has 0 spiro atoms. The highest BCUT2D eigenvalue weighted by Gasteiger charge is 2.18. The maximum Gasteiger partial charge on any atom is 0.280 e. The van der Waals surface area contributed by atoms with Gasteiger partial charge in [-0.15, -0.1) is 0 Å². The average Bonchev–Trinajstić information content (AvgIpc) is 2.99. The molecule has 2 aromatic heterocycles. The van der Waals surface area contributed by atoms with E-state index in [1.807, 2.05) is 13.0 Å². The number of benzene rings is 1. The van der Waals surface area contributed by atoms with E-state index in [-0.39, 0.29) is 11.2 Å². The van der Waals surface area contributed by atoms with E-state index in [1.54, 1.807) is 37.4 Å². The second kappa shape index (κ2) is 7.77. The molecule has 8 heteroatoms. The highest BCUT2D eigenvalue weighted by molar-refractivity contribution is 6.00. The smallest absolute Gasteiger partial charge is 0.280 e. The third-order valence-electron chi connectivity index (χ3n) is 4.08. The molecule has 0 saturated heterocycles. The second-order valence-electron chi connectivity index (χ2n) is 6.01. The van der Waals surface area contributed by atoms with Gasteiger partial charge in [-0.05, 0) is 37.6 Å². The highest BCUT2D eigenvalue weighted by atomic mass is 16.6. The number of pyridine rings is 1. The van der Waals surface area contributed by atoms with Gasteiger partial charge >= 0.3 is 0 Å². The van der Waals surface area contributed by atoms with E-state index in [1.165, 1.54) is 16.8 Å². The number of nitrogens with one attached hydrogen (secondary N) is 1. The molecule has 3 rings (SSSR count). The van der Waals surface area contributed by atoms with Crippen molar-refractivity contribution in [1.82, 2.24) is 14.8 Å². The van der Waals surface area contributed by atoms with E-state index in [4.69, 9.17) is 0 Å². The van der Waals surface area contributed by atoms with Gasteiger partial charge in [-0.2, -0.15) is 0 Å². The first kappa shape index (κ1) is 18.2. The molecule has 0 aliphatic heterocycles. The predicted molar refractivity (Wildman–Crippen MR) is 103 cm³/mol. The Morgan fingerprint density at radius 3 is 2.59 bits per heavy atom. The molecule has 0 radical (unpaired) electrons. The number of H-pyrrole nitrogens is 1. The lowest BCUT2D eigenvalue weighted by Gasteiger charge is -2.01. The molecule has 0 saturated carbocycles. The molecule has 8 nitrogen and oxygen atoms in total. The van der Waals surface area contributed by atoms with Crippen LogP contribution in [-0.2, 0) is 6.42 Å². The van der Waals surface area contributed by atoms with Gasteiger partial charge in [0.2, 0.25) is 0 Å². The third-order valence-corrected chi connectivity index (χ3v) is 4.08. The Kier molecular flexibility index (Phi) is 5.25. The lowest BCUT2D eigenvalue weighted by molar-refractivity contribution is -0.384. The number of aliphatic imine (C=N–C) groups is 1. The summed E-state index contributed by atoms with van der Waals surface area (Å²) in [6.45, 7) is 3.80. The number of nitro groups is 1. The van der Waals surface area contributed by atoms with Gasteiger partial charge in [-0.25, -0.2) is 14.7 Å². The molecule has 0 aliphatic rings.